The summed E-state index contributed by atoms with van der Waals surface area (Å²) in [4.78, 5) is 17.3. The van der Waals surface area contributed by atoms with Crippen molar-refractivity contribution in [2.45, 2.75) is 6.61 Å². The number of carbonyl (C=O) groups excluding carboxylic acids is 1. The topological polar surface area (TPSA) is 112 Å². The number of sulfone groups is 1. The SMILES string of the molecule is CS(=O)(=O)C1=NSC2=NC(=O)/C(=C\c3ccc(OCc4ccc(Cl)cc4Cl)cc3)C(=N)N21. The average Bonchev–Trinajstić information content (AvgIpc) is 3.16. The highest BCUT2D eigenvalue weighted by Gasteiger charge is 2.41. The van der Waals surface area contributed by atoms with Gasteiger partial charge in [-0.15, -0.1) is 0 Å². The van der Waals surface area contributed by atoms with Gasteiger partial charge in [0.1, 0.15) is 18.2 Å². The predicted molar refractivity (Wildman–Crippen MR) is 127 cm³/mol. The fourth-order valence-electron chi connectivity index (χ4n) is 2.86. The quantitative estimate of drug-likeness (QED) is 0.489. The summed E-state index contributed by atoms with van der Waals surface area (Å²) in [6.07, 6.45) is 2.45. The van der Waals surface area contributed by atoms with Gasteiger partial charge in [-0.2, -0.15) is 9.39 Å². The van der Waals surface area contributed by atoms with Crippen molar-refractivity contribution < 1.29 is 17.9 Å². The smallest absolute Gasteiger partial charge is 0.283 e. The molecule has 0 aliphatic carbocycles. The standard InChI is InChI=1S/C20H14Cl2N4O4S2/c1-32(28,29)20-25-31-19-24-18(27)15(17(23)26(19)20)8-11-2-6-14(7-3-11)30-10-12-4-5-13(21)9-16(12)22/h2-9,23H,10H2,1H3/b15-8-,23-17?. The Balaban J connectivity index is 1.52. The van der Waals surface area contributed by atoms with Crippen molar-refractivity contribution in [3.63, 3.8) is 0 Å². The van der Waals surface area contributed by atoms with Crippen LogP contribution >= 0.6 is 35.1 Å². The Labute approximate surface area is 198 Å². The lowest BCUT2D eigenvalue weighted by Gasteiger charge is -2.23. The number of rotatable bonds is 4. The van der Waals surface area contributed by atoms with Crippen LogP contribution < -0.4 is 4.74 Å². The molecular weight excluding hydrogens is 495 g/mol. The molecule has 4 rings (SSSR count). The van der Waals surface area contributed by atoms with E-state index in [0.717, 1.165) is 28.7 Å². The second-order valence-corrected chi connectivity index (χ2v) is 10.3. The van der Waals surface area contributed by atoms with Crippen LogP contribution in [-0.2, 0) is 21.2 Å². The lowest BCUT2D eigenvalue weighted by molar-refractivity contribution is -0.114. The first-order chi connectivity index (χ1) is 15.1. The van der Waals surface area contributed by atoms with Crippen molar-refractivity contribution >= 4 is 73.1 Å². The van der Waals surface area contributed by atoms with Crippen LogP contribution in [-0.4, -0.2) is 41.7 Å². The van der Waals surface area contributed by atoms with E-state index in [1.54, 1.807) is 42.5 Å². The van der Waals surface area contributed by atoms with E-state index >= 15 is 0 Å². The van der Waals surface area contributed by atoms with E-state index in [-0.39, 0.29) is 28.4 Å². The number of hydrogen-bond donors (Lipinski definition) is 1. The molecule has 0 atom stereocenters. The number of amidine groups is 3. The highest BCUT2D eigenvalue weighted by Crippen LogP contribution is 2.30. The zero-order valence-corrected chi connectivity index (χ0v) is 19.5. The second kappa shape index (κ2) is 8.70. The highest BCUT2D eigenvalue weighted by molar-refractivity contribution is 8.16. The van der Waals surface area contributed by atoms with Crippen LogP contribution in [0.3, 0.4) is 0 Å². The van der Waals surface area contributed by atoms with E-state index in [1.807, 2.05) is 0 Å². The molecule has 2 heterocycles. The number of nitrogens with one attached hydrogen (secondary N) is 1. The Hall–Kier alpha value is -2.66. The van der Waals surface area contributed by atoms with Crippen molar-refractivity contribution in [1.82, 2.24) is 4.90 Å². The molecule has 12 heteroatoms. The number of aliphatic imine (C=N–C) groups is 1. The summed E-state index contributed by atoms with van der Waals surface area (Å²) < 4.78 is 33.5. The molecule has 0 unspecified atom stereocenters. The molecule has 0 aromatic heterocycles. The Morgan fingerprint density at radius 1 is 1.19 bits per heavy atom. The maximum atomic E-state index is 12.4. The lowest BCUT2D eigenvalue weighted by atomic mass is 10.1. The van der Waals surface area contributed by atoms with Crippen molar-refractivity contribution in [2.75, 3.05) is 6.26 Å². The maximum Gasteiger partial charge on any atom is 0.283 e. The van der Waals surface area contributed by atoms with Gasteiger partial charge in [0, 0.05) is 21.9 Å². The third-order valence-electron chi connectivity index (χ3n) is 4.43. The molecule has 2 aromatic carbocycles. The minimum atomic E-state index is -3.70. The van der Waals surface area contributed by atoms with Crippen LogP contribution in [0, 0.1) is 5.41 Å². The molecule has 0 spiro atoms. The van der Waals surface area contributed by atoms with Gasteiger partial charge in [-0.1, -0.05) is 41.4 Å². The summed E-state index contributed by atoms with van der Waals surface area (Å²) in [5, 5.41) is 9.12. The molecule has 32 heavy (non-hydrogen) atoms. The number of halogens is 2. The van der Waals surface area contributed by atoms with E-state index in [9.17, 15) is 13.2 Å². The summed E-state index contributed by atoms with van der Waals surface area (Å²) in [7, 11) is -3.70. The van der Waals surface area contributed by atoms with Gasteiger partial charge in [-0.05, 0) is 35.9 Å². The molecule has 0 fully saturated rings. The summed E-state index contributed by atoms with van der Waals surface area (Å²) in [5.41, 5.74) is 1.34. The largest absolute Gasteiger partial charge is 0.489 e. The first-order valence-electron chi connectivity index (χ1n) is 8.99. The van der Waals surface area contributed by atoms with Crippen molar-refractivity contribution in [3.8, 4) is 5.75 Å². The third kappa shape index (κ3) is 4.58. The zero-order valence-electron chi connectivity index (χ0n) is 16.4. The molecule has 0 bridgehead atoms. The molecule has 164 valence electrons. The Morgan fingerprint density at radius 3 is 2.56 bits per heavy atom. The number of carbonyl (C=O) groups is 1. The minimum Gasteiger partial charge on any atom is -0.489 e. The fourth-order valence-corrected chi connectivity index (χ4v) is 5.17. The molecule has 8 nitrogen and oxygen atoms in total. The van der Waals surface area contributed by atoms with E-state index in [4.69, 9.17) is 33.3 Å². The van der Waals surface area contributed by atoms with E-state index < -0.39 is 15.7 Å². The van der Waals surface area contributed by atoms with Gasteiger partial charge >= 0.3 is 0 Å². The molecule has 0 saturated carbocycles. The van der Waals surface area contributed by atoms with Crippen molar-refractivity contribution in [2.24, 2.45) is 9.39 Å². The minimum absolute atomic E-state index is 0.0437. The number of benzene rings is 2. The maximum absolute atomic E-state index is 12.4. The third-order valence-corrected chi connectivity index (χ3v) is 6.77. The molecule has 1 N–H and O–H groups in total. The molecule has 0 saturated heterocycles. The Kier molecular flexibility index (Phi) is 6.13. The molecule has 1 amide bonds. The van der Waals surface area contributed by atoms with Crippen LogP contribution in [0.5, 0.6) is 5.75 Å². The molecule has 2 aliphatic heterocycles. The summed E-state index contributed by atoms with van der Waals surface area (Å²) in [5.74, 6) is -0.366. The van der Waals surface area contributed by atoms with Gasteiger partial charge in [0.25, 0.3) is 5.91 Å². The van der Waals surface area contributed by atoms with Crippen LogP contribution in [0.1, 0.15) is 11.1 Å². The van der Waals surface area contributed by atoms with E-state index in [0.29, 0.717) is 21.4 Å². The number of amides is 1. The lowest BCUT2D eigenvalue weighted by Crippen LogP contribution is -2.45. The van der Waals surface area contributed by atoms with Crippen molar-refractivity contribution in [1.29, 1.82) is 5.41 Å². The average molecular weight is 509 g/mol. The first kappa shape index (κ1) is 22.5. The van der Waals surface area contributed by atoms with Crippen LogP contribution in [0.25, 0.3) is 6.08 Å². The second-order valence-electron chi connectivity index (χ2n) is 6.77. The van der Waals surface area contributed by atoms with E-state index in [1.165, 1.54) is 6.08 Å². The number of nitrogens with zero attached hydrogens (tertiary/aromatic N) is 3. The Morgan fingerprint density at radius 2 is 1.91 bits per heavy atom. The summed E-state index contributed by atoms with van der Waals surface area (Å²) in [6, 6.07) is 12.0. The number of fused-ring (bicyclic) bond motifs is 1. The predicted octanol–water partition coefficient (Wildman–Crippen LogP) is 4.19. The molecular formula is C20H14Cl2N4O4S2. The summed E-state index contributed by atoms with van der Waals surface area (Å²) in [6.45, 7) is 0.247. The number of hydrogen-bond acceptors (Lipinski definition) is 7. The molecule has 2 aromatic rings. The zero-order chi connectivity index (χ0) is 23.0. The van der Waals surface area contributed by atoms with Gasteiger partial charge in [0.15, 0.2) is 0 Å². The van der Waals surface area contributed by atoms with Crippen LogP contribution in [0.15, 0.2) is 57.4 Å². The number of ether oxygens (including phenoxy) is 1. The van der Waals surface area contributed by atoms with Gasteiger partial charge in [-0.3, -0.25) is 10.2 Å². The Bertz CT molecular complexity index is 1340. The highest BCUT2D eigenvalue weighted by atomic mass is 35.5. The first-order valence-corrected chi connectivity index (χ1v) is 12.4. The van der Waals surface area contributed by atoms with E-state index in [2.05, 4.69) is 9.39 Å². The van der Waals surface area contributed by atoms with Gasteiger partial charge in [-0.25, -0.2) is 13.3 Å². The monoisotopic (exact) mass is 508 g/mol. The van der Waals surface area contributed by atoms with Gasteiger partial charge in [0.2, 0.25) is 20.2 Å². The molecule has 2 aliphatic rings. The summed E-state index contributed by atoms with van der Waals surface area (Å²) >= 11 is 12.8. The molecule has 0 radical (unpaired) electrons. The van der Waals surface area contributed by atoms with Crippen molar-refractivity contribution in [3.05, 3.63) is 69.2 Å². The normalized spacial score (nSPS) is 17.3. The van der Waals surface area contributed by atoms with Crippen LogP contribution in [0.2, 0.25) is 10.0 Å². The van der Waals surface area contributed by atoms with Gasteiger partial charge in [0.05, 0.1) is 17.5 Å². The van der Waals surface area contributed by atoms with Crippen LogP contribution in [0.4, 0.5) is 0 Å². The fraction of sp³-hybridized carbons (Fsp3) is 0.100. The van der Waals surface area contributed by atoms with Gasteiger partial charge < -0.3 is 4.74 Å².